The van der Waals surface area contributed by atoms with Crippen LogP contribution >= 0.6 is 0 Å². The van der Waals surface area contributed by atoms with Gasteiger partial charge < -0.3 is 18.9 Å². The summed E-state index contributed by atoms with van der Waals surface area (Å²) in [6.07, 6.45) is 7.67. The number of hydrogen-bond donors (Lipinski definition) is 0. The quantitative estimate of drug-likeness (QED) is 0.0718. The van der Waals surface area contributed by atoms with E-state index in [0.717, 1.165) is 51.2 Å². The van der Waals surface area contributed by atoms with Crippen LogP contribution < -0.4 is 0 Å². The van der Waals surface area contributed by atoms with E-state index < -0.39 is 0 Å². The van der Waals surface area contributed by atoms with E-state index in [1.54, 1.807) is 0 Å². The molecular formula is C40H78O8. The molecule has 0 spiro atoms. The third-order valence-corrected chi connectivity index (χ3v) is 7.45. The molecule has 0 aromatic heterocycles. The fourth-order valence-corrected chi connectivity index (χ4v) is 3.76. The van der Waals surface area contributed by atoms with E-state index in [2.05, 4.69) is 41.5 Å². The van der Waals surface area contributed by atoms with Crippen molar-refractivity contribution < 1.29 is 38.1 Å². The molecule has 0 heterocycles. The van der Waals surface area contributed by atoms with Crippen molar-refractivity contribution >= 4 is 23.1 Å². The number of ketones is 4. The minimum absolute atomic E-state index is 0.0248. The van der Waals surface area contributed by atoms with Crippen LogP contribution in [0.1, 0.15) is 147 Å². The van der Waals surface area contributed by atoms with Crippen LogP contribution in [0.3, 0.4) is 0 Å². The first-order valence-electron chi connectivity index (χ1n) is 18.9. The van der Waals surface area contributed by atoms with Gasteiger partial charge in [0.1, 0.15) is 23.1 Å². The average Bonchev–Trinajstić information content (AvgIpc) is 3.00. The Hall–Kier alpha value is -1.48. The first kappa shape index (κ1) is 50.9. The first-order valence-corrected chi connectivity index (χ1v) is 18.9. The zero-order valence-corrected chi connectivity index (χ0v) is 33.5. The van der Waals surface area contributed by atoms with Gasteiger partial charge in [0, 0.05) is 69.7 Å². The maximum absolute atomic E-state index is 11.6. The van der Waals surface area contributed by atoms with Gasteiger partial charge in [0.25, 0.3) is 0 Å². The molecule has 0 N–H and O–H groups in total. The molecule has 0 amide bonds. The molecule has 8 nitrogen and oxygen atoms in total. The summed E-state index contributed by atoms with van der Waals surface area (Å²) in [5, 5.41) is 0. The monoisotopic (exact) mass is 687 g/mol. The second-order valence-electron chi connectivity index (χ2n) is 14.9. The molecule has 0 atom stereocenters. The fourth-order valence-electron chi connectivity index (χ4n) is 3.76. The van der Waals surface area contributed by atoms with Crippen molar-refractivity contribution in [3.05, 3.63) is 0 Å². The van der Waals surface area contributed by atoms with Gasteiger partial charge in [-0.15, -0.1) is 0 Å². The maximum Gasteiger partial charge on any atom is 0.137 e. The summed E-state index contributed by atoms with van der Waals surface area (Å²) in [4.78, 5) is 45.3. The average molecular weight is 687 g/mol. The third-order valence-electron chi connectivity index (χ3n) is 7.45. The zero-order chi connectivity index (χ0) is 37.3. The normalized spacial score (nSPS) is 11.3. The largest absolute Gasteiger partial charge is 0.379 e. The summed E-state index contributed by atoms with van der Waals surface area (Å²) in [5.74, 6) is 3.44. The highest BCUT2D eigenvalue weighted by atomic mass is 16.5. The Balaban J connectivity index is -0.000000666. The predicted molar refractivity (Wildman–Crippen MR) is 199 cm³/mol. The standard InChI is InChI=1S/C17H32O4.C13H26O3.C10H20O/c1-14(2)9-11-21-13-12-20-10-5-6-16(18)7-8-17(19)15(3)4;1-11(2)5-7-15-9-10-16-8-6-13(14)12(3)4;1-8(2)6-5-7-10(11)9(3)4/h14-15H,5-13H2,1-4H3;11-12H,5-10H2,1-4H3;8-9H,5-7H2,1-4H3. The highest BCUT2D eigenvalue weighted by molar-refractivity contribution is 5.86. The van der Waals surface area contributed by atoms with Crippen molar-refractivity contribution in [1.82, 2.24) is 0 Å². The van der Waals surface area contributed by atoms with E-state index >= 15 is 0 Å². The van der Waals surface area contributed by atoms with E-state index in [1.165, 1.54) is 6.42 Å². The van der Waals surface area contributed by atoms with Crippen molar-refractivity contribution in [2.75, 3.05) is 52.9 Å². The highest BCUT2D eigenvalue weighted by Gasteiger charge is 2.10. The van der Waals surface area contributed by atoms with E-state index in [-0.39, 0.29) is 35.1 Å². The van der Waals surface area contributed by atoms with Gasteiger partial charge in [-0.3, -0.25) is 19.2 Å². The van der Waals surface area contributed by atoms with Crippen LogP contribution in [-0.2, 0) is 38.1 Å². The Kier molecular flexibility index (Phi) is 37.5. The molecule has 0 aromatic carbocycles. The molecule has 0 saturated heterocycles. The molecule has 0 aliphatic heterocycles. The van der Waals surface area contributed by atoms with Crippen molar-refractivity contribution in [3.8, 4) is 0 Å². The van der Waals surface area contributed by atoms with Crippen LogP contribution in [0, 0.1) is 35.5 Å². The Labute approximate surface area is 296 Å². The van der Waals surface area contributed by atoms with E-state index in [1.807, 2.05) is 41.5 Å². The Bertz CT molecular complexity index is 771. The van der Waals surface area contributed by atoms with Crippen molar-refractivity contribution in [1.29, 1.82) is 0 Å². The number of carbonyl (C=O) groups excluding carboxylic acids is 4. The number of rotatable bonds is 29. The Morgan fingerprint density at radius 2 is 0.729 bits per heavy atom. The molecular weight excluding hydrogens is 608 g/mol. The second-order valence-corrected chi connectivity index (χ2v) is 14.9. The fraction of sp³-hybridized carbons (Fsp3) is 0.900. The summed E-state index contributed by atoms with van der Waals surface area (Å²) in [5.41, 5.74) is 0. The summed E-state index contributed by atoms with van der Waals surface area (Å²) in [6, 6.07) is 0. The number of Topliss-reactive ketones (excluding diaryl/α,β-unsaturated/α-hetero) is 4. The summed E-state index contributed by atoms with van der Waals surface area (Å²) < 4.78 is 21.5. The van der Waals surface area contributed by atoms with Gasteiger partial charge in [-0.1, -0.05) is 89.5 Å². The zero-order valence-electron chi connectivity index (χ0n) is 33.5. The lowest BCUT2D eigenvalue weighted by Crippen LogP contribution is -2.12. The van der Waals surface area contributed by atoms with Crippen molar-refractivity contribution in [2.45, 2.75) is 147 Å². The third kappa shape index (κ3) is 42.5. The van der Waals surface area contributed by atoms with E-state index in [0.29, 0.717) is 82.9 Å². The van der Waals surface area contributed by atoms with Crippen LogP contribution in [0.15, 0.2) is 0 Å². The molecule has 0 aromatic rings. The lowest BCUT2D eigenvalue weighted by Gasteiger charge is -2.07. The Morgan fingerprint density at radius 1 is 0.354 bits per heavy atom. The highest BCUT2D eigenvalue weighted by Crippen LogP contribution is 2.09. The van der Waals surface area contributed by atoms with Crippen molar-refractivity contribution in [3.63, 3.8) is 0 Å². The predicted octanol–water partition coefficient (Wildman–Crippen LogP) is 9.14. The van der Waals surface area contributed by atoms with Gasteiger partial charge in [0.05, 0.1) is 33.0 Å². The summed E-state index contributed by atoms with van der Waals surface area (Å²) in [6.45, 7) is 29.7. The topological polar surface area (TPSA) is 105 Å². The van der Waals surface area contributed by atoms with Crippen molar-refractivity contribution in [2.24, 2.45) is 35.5 Å². The van der Waals surface area contributed by atoms with Gasteiger partial charge in [-0.25, -0.2) is 0 Å². The molecule has 0 radical (unpaired) electrons. The molecule has 286 valence electrons. The van der Waals surface area contributed by atoms with Crippen LogP contribution in [0.4, 0.5) is 0 Å². The molecule has 0 rings (SSSR count). The molecule has 0 aliphatic rings. The van der Waals surface area contributed by atoms with Gasteiger partial charge in [-0.2, -0.15) is 0 Å². The first-order chi connectivity index (χ1) is 22.5. The smallest absolute Gasteiger partial charge is 0.137 e. The summed E-state index contributed by atoms with van der Waals surface area (Å²) >= 11 is 0. The number of hydrogen-bond acceptors (Lipinski definition) is 8. The van der Waals surface area contributed by atoms with Crippen LogP contribution in [0.25, 0.3) is 0 Å². The van der Waals surface area contributed by atoms with Gasteiger partial charge in [0.2, 0.25) is 0 Å². The SMILES string of the molecule is CC(C)CCCC(=O)C(C)C.CC(C)CCOCCOCCC(=O)C(C)C.CC(C)CCOCCOCCCC(=O)CCC(=O)C(C)C. The lowest BCUT2D eigenvalue weighted by atomic mass is 10.00. The van der Waals surface area contributed by atoms with Crippen LogP contribution in [-0.4, -0.2) is 76.0 Å². The van der Waals surface area contributed by atoms with Crippen LogP contribution in [0.2, 0.25) is 0 Å². The number of carbonyl (C=O) groups is 4. The Morgan fingerprint density at radius 3 is 1.15 bits per heavy atom. The molecule has 0 fully saturated rings. The number of ether oxygens (including phenoxy) is 4. The molecule has 0 bridgehead atoms. The maximum atomic E-state index is 11.6. The van der Waals surface area contributed by atoms with E-state index in [9.17, 15) is 19.2 Å². The minimum Gasteiger partial charge on any atom is -0.379 e. The second kappa shape index (κ2) is 35.3. The summed E-state index contributed by atoms with van der Waals surface area (Å²) in [7, 11) is 0. The molecule has 0 aliphatic carbocycles. The minimum atomic E-state index is 0.0248. The van der Waals surface area contributed by atoms with Gasteiger partial charge in [-0.05, 0) is 43.4 Å². The molecule has 8 heteroatoms. The van der Waals surface area contributed by atoms with Crippen LogP contribution in [0.5, 0.6) is 0 Å². The van der Waals surface area contributed by atoms with Gasteiger partial charge in [0.15, 0.2) is 0 Å². The molecule has 0 saturated carbocycles. The molecule has 48 heavy (non-hydrogen) atoms. The van der Waals surface area contributed by atoms with Gasteiger partial charge >= 0.3 is 0 Å². The lowest BCUT2D eigenvalue weighted by molar-refractivity contribution is -0.126. The van der Waals surface area contributed by atoms with E-state index in [4.69, 9.17) is 18.9 Å². The molecule has 0 unspecified atom stereocenters.